The van der Waals surface area contributed by atoms with Crippen LogP contribution in [-0.2, 0) is 13.1 Å². The predicted octanol–water partition coefficient (Wildman–Crippen LogP) is 2.56. The van der Waals surface area contributed by atoms with Gasteiger partial charge in [0, 0.05) is 6.42 Å². The molecule has 0 bridgehead atoms. The number of aromatic nitrogens is 2. The van der Waals surface area contributed by atoms with Gasteiger partial charge in [-0.3, -0.25) is 5.73 Å². The summed E-state index contributed by atoms with van der Waals surface area (Å²) in [5, 5.41) is 0.644. The second-order valence-electron chi connectivity index (χ2n) is 6.99. The maximum Gasteiger partial charge on any atom is 0.356 e. The number of para-hydroxylation sites is 3. The van der Waals surface area contributed by atoms with Crippen LogP contribution in [0.2, 0.25) is 5.02 Å². The minimum Gasteiger partial charge on any atom is -0.492 e. The molecule has 0 amide bonds. The van der Waals surface area contributed by atoms with Crippen LogP contribution in [0.25, 0.3) is 11.0 Å². The van der Waals surface area contributed by atoms with Gasteiger partial charge in [0.25, 0.3) is 0 Å². The maximum absolute atomic E-state index is 6.56. The first-order chi connectivity index (χ1) is 13.7. The first-order valence-electron chi connectivity index (χ1n) is 10.1. The van der Waals surface area contributed by atoms with Gasteiger partial charge in [0.2, 0.25) is 0 Å². The van der Waals surface area contributed by atoms with Crippen molar-refractivity contribution in [3.63, 3.8) is 0 Å². The monoisotopic (exact) mass is 402 g/mol. The number of halogens is 1. The van der Waals surface area contributed by atoms with Crippen molar-refractivity contribution in [1.29, 1.82) is 0 Å². The zero-order valence-electron chi connectivity index (χ0n) is 16.8. The van der Waals surface area contributed by atoms with Gasteiger partial charge in [-0.25, -0.2) is 9.13 Å². The highest BCUT2D eigenvalue weighted by atomic mass is 35.5. The molecule has 0 fully saturated rings. The molecule has 3 aromatic rings. The number of hydrogen-bond donors (Lipinski definition) is 2. The molecule has 5 nitrogen and oxygen atoms in total. The van der Waals surface area contributed by atoms with Crippen LogP contribution in [0, 0.1) is 0 Å². The summed E-state index contributed by atoms with van der Waals surface area (Å²) < 4.78 is 10.3. The molecule has 0 atom stereocenters. The number of nitrogens with zero attached hydrogens (tertiary/aromatic N) is 2. The molecular weight excluding hydrogens is 372 g/mol. The highest BCUT2D eigenvalue weighted by molar-refractivity contribution is 6.32. The van der Waals surface area contributed by atoms with Gasteiger partial charge < -0.3 is 9.64 Å². The number of likely N-dealkylation sites (N-methyl/N-ethyl adjacent to an activating group) is 1. The molecule has 150 valence electrons. The van der Waals surface area contributed by atoms with Crippen LogP contribution in [0.4, 0.5) is 5.95 Å². The largest absolute Gasteiger partial charge is 0.492 e. The fraction of sp³-hybridized carbons (Fsp3) is 0.409. The Hall–Kier alpha value is -2.24. The quantitative estimate of drug-likeness (QED) is 0.404. The minimum atomic E-state index is 0.597. The van der Waals surface area contributed by atoms with E-state index in [1.165, 1.54) is 11.0 Å². The van der Waals surface area contributed by atoms with Gasteiger partial charge in [-0.2, -0.15) is 0 Å². The smallest absolute Gasteiger partial charge is 0.356 e. The van der Waals surface area contributed by atoms with Crippen molar-refractivity contribution < 1.29 is 14.2 Å². The van der Waals surface area contributed by atoms with E-state index in [0.29, 0.717) is 11.6 Å². The zero-order valence-corrected chi connectivity index (χ0v) is 17.6. The molecule has 1 aromatic heterocycles. The number of aryl methyl sites for hydroxylation is 1. The van der Waals surface area contributed by atoms with Crippen LogP contribution in [0.15, 0.2) is 48.5 Å². The first-order valence-corrected chi connectivity index (χ1v) is 10.5. The van der Waals surface area contributed by atoms with Crippen molar-refractivity contribution in [2.75, 3.05) is 32.0 Å². The number of imidazole rings is 1. The summed E-state index contributed by atoms with van der Waals surface area (Å²) in [4.78, 5) is 1.58. The Balaban J connectivity index is 1.70. The Morgan fingerprint density at radius 1 is 1.07 bits per heavy atom. The average Bonchev–Trinajstić information content (AvgIpc) is 2.98. The lowest BCUT2D eigenvalue weighted by Gasteiger charge is -2.14. The van der Waals surface area contributed by atoms with E-state index < -0.39 is 0 Å². The minimum absolute atomic E-state index is 0.597. The lowest BCUT2D eigenvalue weighted by atomic mass is 10.3. The number of rotatable bonds is 10. The topological polar surface area (TPSA) is 48.5 Å². The van der Waals surface area contributed by atoms with E-state index in [9.17, 15) is 0 Å². The number of hydrogen-bond acceptors (Lipinski definition) is 2. The third-order valence-corrected chi connectivity index (χ3v) is 5.64. The molecule has 0 saturated heterocycles. The molecule has 1 heterocycles. The number of nitrogens with one attached hydrogen (secondary N) is 1. The fourth-order valence-electron chi connectivity index (χ4n) is 3.62. The number of anilines is 1. The Kier molecular flexibility index (Phi) is 7.18. The Morgan fingerprint density at radius 3 is 2.54 bits per heavy atom. The standard InChI is InChI=1S/C22H29ClN4O/c1-3-25(4-2)15-16-27-20-12-7-6-11-19(20)26(22(27)24)14-9-17-28-21-13-8-5-10-18(21)23/h5-8,10-13,24H,3-4,9,14-17H2,1-2H3/p+2. The highest BCUT2D eigenvalue weighted by Crippen LogP contribution is 2.23. The van der Waals surface area contributed by atoms with Crippen LogP contribution >= 0.6 is 11.6 Å². The highest BCUT2D eigenvalue weighted by Gasteiger charge is 2.21. The summed E-state index contributed by atoms with van der Waals surface area (Å²) in [6.07, 6.45) is 0.857. The number of quaternary nitrogens is 1. The van der Waals surface area contributed by atoms with Crippen molar-refractivity contribution >= 4 is 28.6 Å². The lowest BCUT2D eigenvalue weighted by Crippen LogP contribution is -3.11. The van der Waals surface area contributed by atoms with Crippen molar-refractivity contribution in [1.82, 2.24) is 4.57 Å². The van der Waals surface area contributed by atoms with E-state index >= 15 is 0 Å². The Morgan fingerprint density at radius 2 is 1.79 bits per heavy atom. The Labute approximate surface area is 172 Å². The van der Waals surface area contributed by atoms with E-state index in [0.717, 1.165) is 50.8 Å². The molecular formula is C22H31ClN4O+2. The molecule has 0 saturated carbocycles. The van der Waals surface area contributed by atoms with E-state index in [-0.39, 0.29) is 0 Å². The summed E-state index contributed by atoms with van der Waals surface area (Å²) in [6, 6.07) is 16.0. The molecule has 0 aliphatic heterocycles. The van der Waals surface area contributed by atoms with Gasteiger partial charge in [-0.15, -0.1) is 0 Å². The van der Waals surface area contributed by atoms with Crippen molar-refractivity contribution in [3.8, 4) is 5.75 Å². The summed E-state index contributed by atoms with van der Waals surface area (Å²) in [5.74, 6) is 1.54. The van der Waals surface area contributed by atoms with Crippen LogP contribution < -0.4 is 19.9 Å². The molecule has 28 heavy (non-hydrogen) atoms. The number of fused-ring (bicyclic) bond motifs is 1. The van der Waals surface area contributed by atoms with E-state index in [1.807, 2.05) is 24.3 Å². The van der Waals surface area contributed by atoms with Gasteiger partial charge in [0.15, 0.2) is 0 Å². The molecule has 0 aliphatic rings. The zero-order chi connectivity index (χ0) is 19.9. The van der Waals surface area contributed by atoms with Gasteiger partial charge in [-0.05, 0) is 38.1 Å². The summed E-state index contributed by atoms with van der Waals surface area (Å²) in [7, 11) is 0. The number of benzene rings is 2. The SMILES string of the molecule is CC[NH+](CC)CCn1c(N)[n+](CCCOc2ccccc2Cl)c2ccccc21. The van der Waals surface area contributed by atoms with Crippen LogP contribution in [0.3, 0.4) is 0 Å². The molecule has 3 rings (SSSR count). The second-order valence-corrected chi connectivity index (χ2v) is 7.40. The van der Waals surface area contributed by atoms with Gasteiger partial charge >= 0.3 is 5.95 Å². The first kappa shape index (κ1) is 20.5. The normalized spacial score (nSPS) is 11.4. The van der Waals surface area contributed by atoms with E-state index in [2.05, 4.69) is 47.2 Å². The van der Waals surface area contributed by atoms with Gasteiger partial charge in [0.1, 0.15) is 29.9 Å². The Bertz CT molecular complexity index is 905. The second kappa shape index (κ2) is 9.80. The molecule has 6 heteroatoms. The molecule has 0 unspecified atom stereocenters. The molecule has 0 aliphatic carbocycles. The fourth-order valence-corrected chi connectivity index (χ4v) is 3.81. The summed E-state index contributed by atoms with van der Waals surface area (Å²) >= 11 is 6.16. The van der Waals surface area contributed by atoms with Gasteiger partial charge in [0.05, 0.1) is 31.3 Å². The van der Waals surface area contributed by atoms with Crippen LogP contribution in [-0.4, -0.2) is 30.8 Å². The lowest BCUT2D eigenvalue weighted by molar-refractivity contribution is -0.897. The van der Waals surface area contributed by atoms with E-state index in [4.69, 9.17) is 22.1 Å². The summed E-state index contributed by atoms with van der Waals surface area (Å²) in [6.45, 7) is 10.1. The average molecular weight is 403 g/mol. The third-order valence-electron chi connectivity index (χ3n) is 5.33. The molecule has 0 spiro atoms. The third kappa shape index (κ3) is 4.59. The summed E-state index contributed by atoms with van der Waals surface area (Å²) in [5.41, 5.74) is 8.92. The number of ether oxygens (including phenoxy) is 1. The van der Waals surface area contributed by atoms with Crippen LogP contribution in [0.1, 0.15) is 20.3 Å². The predicted molar refractivity (Wildman–Crippen MR) is 115 cm³/mol. The molecule has 2 aromatic carbocycles. The number of nitrogen functional groups attached to an aromatic ring is 1. The van der Waals surface area contributed by atoms with Crippen molar-refractivity contribution in [2.24, 2.45) is 0 Å². The molecule has 3 N–H and O–H groups in total. The van der Waals surface area contributed by atoms with Crippen LogP contribution in [0.5, 0.6) is 5.75 Å². The van der Waals surface area contributed by atoms with Crippen molar-refractivity contribution in [2.45, 2.75) is 33.4 Å². The maximum atomic E-state index is 6.56. The number of nitrogens with two attached hydrogens (primary N) is 1. The van der Waals surface area contributed by atoms with E-state index in [1.54, 1.807) is 4.90 Å². The van der Waals surface area contributed by atoms with Gasteiger partial charge in [-0.1, -0.05) is 35.9 Å². The van der Waals surface area contributed by atoms with Crippen molar-refractivity contribution in [3.05, 3.63) is 53.6 Å². The molecule has 0 radical (unpaired) electrons.